The number of carbonyl (C=O) groups excluding carboxylic acids is 1. The minimum Gasteiger partial charge on any atom is -0.451 e. The van der Waals surface area contributed by atoms with Gasteiger partial charge in [0, 0.05) is 43.3 Å². The largest absolute Gasteiger partial charge is 0.451 e. The first-order valence-electron chi connectivity index (χ1n) is 8.42. The van der Waals surface area contributed by atoms with Crippen molar-refractivity contribution in [2.45, 2.75) is 20.0 Å². The average molecular weight is 339 g/mol. The first kappa shape index (κ1) is 15.9. The van der Waals surface area contributed by atoms with Crippen molar-refractivity contribution >= 4 is 16.9 Å². The van der Waals surface area contributed by atoms with Gasteiger partial charge in [0.1, 0.15) is 5.58 Å². The number of rotatable bonds is 3. The standard InChI is InChI=1S/C19H21N3O3/c1-13-16-5-3-4-6-17(16)25-18(13)19(23)21-8-14(11-24-2)9-22-12-20-7-15(22)10-21/h3-7,12,14H,8-11H2,1-2H3. The predicted octanol–water partition coefficient (Wildman–Crippen LogP) is 2.86. The number of nitrogens with zero attached hydrogens (tertiary/aromatic N) is 3. The van der Waals surface area contributed by atoms with E-state index in [4.69, 9.17) is 9.15 Å². The lowest BCUT2D eigenvalue weighted by Crippen LogP contribution is -2.35. The number of imidazole rings is 1. The third kappa shape index (κ3) is 2.82. The van der Waals surface area contributed by atoms with Crippen LogP contribution in [0.1, 0.15) is 21.8 Å². The van der Waals surface area contributed by atoms with Gasteiger partial charge < -0.3 is 18.6 Å². The Hall–Kier alpha value is -2.60. The summed E-state index contributed by atoms with van der Waals surface area (Å²) in [6.45, 7) is 4.49. The number of furan rings is 1. The van der Waals surface area contributed by atoms with Crippen LogP contribution in [0.3, 0.4) is 0 Å². The molecular formula is C19H21N3O3. The molecule has 3 heterocycles. The van der Waals surface area contributed by atoms with E-state index >= 15 is 0 Å². The van der Waals surface area contributed by atoms with E-state index in [2.05, 4.69) is 9.55 Å². The van der Waals surface area contributed by atoms with Gasteiger partial charge in [-0.05, 0) is 13.0 Å². The van der Waals surface area contributed by atoms with Gasteiger partial charge in [0.25, 0.3) is 5.91 Å². The molecule has 0 fully saturated rings. The molecule has 0 radical (unpaired) electrons. The summed E-state index contributed by atoms with van der Waals surface area (Å²) in [6, 6.07) is 7.75. The van der Waals surface area contributed by atoms with E-state index in [-0.39, 0.29) is 11.8 Å². The molecule has 6 nitrogen and oxygen atoms in total. The van der Waals surface area contributed by atoms with Gasteiger partial charge in [0.15, 0.2) is 5.76 Å². The van der Waals surface area contributed by atoms with Crippen molar-refractivity contribution in [2.75, 3.05) is 20.3 Å². The van der Waals surface area contributed by atoms with E-state index < -0.39 is 0 Å². The molecule has 0 N–H and O–H groups in total. The third-order valence-corrected chi connectivity index (χ3v) is 4.81. The average Bonchev–Trinajstić information content (AvgIpc) is 3.14. The van der Waals surface area contributed by atoms with Crippen LogP contribution < -0.4 is 0 Å². The zero-order chi connectivity index (χ0) is 17.4. The number of aryl methyl sites for hydroxylation is 1. The monoisotopic (exact) mass is 339 g/mol. The Labute approximate surface area is 146 Å². The van der Waals surface area contributed by atoms with Gasteiger partial charge >= 0.3 is 0 Å². The topological polar surface area (TPSA) is 60.5 Å². The molecule has 3 aromatic rings. The van der Waals surface area contributed by atoms with Crippen molar-refractivity contribution < 1.29 is 13.9 Å². The van der Waals surface area contributed by atoms with Gasteiger partial charge in [-0.25, -0.2) is 4.98 Å². The molecule has 0 saturated carbocycles. The number of fused-ring (bicyclic) bond motifs is 2. The highest BCUT2D eigenvalue weighted by molar-refractivity contribution is 5.98. The van der Waals surface area contributed by atoms with Crippen molar-refractivity contribution in [1.29, 1.82) is 0 Å². The van der Waals surface area contributed by atoms with Crippen LogP contribution in [-0.4, -0.2) is 40.6 Å². The SMILES string of the molecule is COCC1CN(C(=O)c2oc3ccccc3c2C)Cc2cncn2C1. The summed E-state index contributed by atoms with van der Waals surface area (Å²) in [5.74, 6) is 0.559. The first-order chi connectivity index (χ1) is 12.2. The van der Waals surface area contributed by atoms with Gasteiger partial charge in [-0.15, -0.1) is 0 Å². The van der Waals surface area contributed by atoms with Crippen LogP contribution in [0.25, 0.3) is 11.0 Å². The second kappa shape index (κ2) is 6.37. The van der Waals surface area contributed by atoms with Crippen LogP contribution in [0.4, 0.5) is 0 Å². The molecule has 2 aromatic heterocycles. The Morgan fingerprint density at radius 3 is 3.00 bits per heavy atom. The molecule has 6 heteroatoms. The van der Waals surface area contributed by atoms with E-state index in [1.54, 1.807) is 7.11 Å². The van der Waals surface area contributed by atoms with Crippen LogP contribution in [-0.2, 0) is 17.8 Å². The summed E-state index contributed by atoms with van der Waals surface area (Å²) in [5, 5.41) is 0.985. The number of hydrogen-bond donors (Lipinski definition) is 0. The van der Waals surface area contributed by atoms with E-state index in [1.165, 1.54) is 0 Å². The Balaban J connectivity index is 1.69. The zero-order valence-electron chi connectivity index (χ0n) is 14.4. The van der Waals surface area contributed by atoms with Gasteiger partial charge in [0.2, 0.25) is 0 Å². The number of ether oxygens (including phenoxy) is 1. The fraction of sp³-hybridized carbons (Fsp3) is 0.368. The highest BCUT2D eigenvalue weighted by atomic mass is 16.5. The Morgan fingerprint density at radius 2 is 2.20 bits per heavy atom. The maximum absolute atomic E-state index is 13.2. The maximum Gasteiger partial charge on any atom is 0.290 e. The molecule has 0 aliphatic carbocycles. The van der Waals surface area contributed by atoms with E-state index in [9.17, 15) is 4.79 Å². The summed E-state index contributed by atoms with van der Waals surface area (Å²) in [7, 11) is 1.69. The predicted molar refractivity (Wildman–Crippen MR) is 93.3 cm³/mol. The van der Waals surface area contributed by atoms with Gasteiger partial charge in [-0.1, -0.05) is 18.2 Å². The summed E-state index contributed by atoms with van der Waals surface area (Å²) in [5.41, 5.74) is 2.67. The van der Waals surface area contributed by atoms with Gasteiger partial charge in [0.05, 0.1) is 25.2 Å². The second-order valence-electron chi connectivity index (χ2n) is 6.60. The zero-order valence-corrected chi connectivity index (χ0v) is 14.4. The molecule has 0 bridgehead atoms. The summed E-state index contributed by atoms with van der Waals surface area (Å²) < 4.78 is 13.3. The van der Waals surface area contributed by atoms with Crippen molar-refractivity contribution in [2.24, 2.45) is 5.92 Å². The number of methoxy groups -OCH3 is 1. The minimum absolute atomic E-state index is 0.0792. The molecule has 0 saturated heterocycles. The van der Waals surface area contributed by atoms with Crippen LogP contribution in [0.5, 0.6) is 0 Å². The van der Waals surface area contributed by atoms with E-state index in [0.717, 1.165) is 28.8 Å². The molecule has 1 atom stereocenters. The number of para-hydroxylation sites is 1. The Bertz CT molecular complexity index is 912. The molecule has 1 aliphatic heterocycles. The lowest BCUT2D eigenvalue weighted by atomic mass is 10.1. The van der Waals surface area contributed by atoms with Crippen molar-refractivity contribution in [3.8, 4) is 0 Å². The van der Waals surface area contributed by atoms with Crippen LogP contribution in [0, 0.1) is 12.8 Å². The van der Waals surface area contributed by atoms with Crippen molar-refractivity contribution in [3.05, 3.63) is 53.8 Å². The summed E-state index contributed by atoms with van der Waals surface area (Å²) in [6.07, 6.45) is 3.64. The quantitative estimate of drug-likeness (QED) is 0.736. The Morgan fingerprint density at radius 1 is 1.36 bits per heavy atom. The Kier molecular flexibility index (Phi) is 4.05. The van der Waals surface area contributed by atoms with Crippen molar-refractivity contribution in [1.82, 2.24) is 14.5 Å². The molecule has 0 spiro atoms. The van der Waals surface area contributed by atoms with E-state index in [0.29, 0.717) is 25.5 Å². The number of benzene rings is 1. The van der Waals surface area contributed by atoms with E-state index in [1.807, 2.05) is 48.6 Å². The van der Waals surface area contributed by atoms with Crippen LogP contribution >= 0.6 is 0 Å². The highest BCUT2D eigenvalue weighted by Crippen LogP contribution is 2.27. The second-order valence-corrected chi connectivity index (χ2v) is 6.60. The number of carbonyl (C=O) groups is 1. The molecule has 1 amide bonds. The maximum atomic E-state index is 13.2. The molecule has 1 aliphatic rings. The molecule has 1 unspecified atom stereocenters. The summed E-state index contributed by atoms with van der Waals surface area (Å²) >= 11 is 0. The molecule has 4 rings (SSSR count). The molecule has 1 aromatic carbocycles. The minimum atomic E-state index is -0.0792. The van der Waals surface area contributed by atoms with Gasteiger partial charge in [-0.3, -0.25) is 4.79 Å². The van der Waals surface area contributed by atoms with Crippen LogP contribution in [0.2, 0.25) is 0 Å². The molecule has 25 heavy (non-hydrogen) atoms. The number of amides is 1. The summed E-state index contributed by atoms with van der Waals surface area (Å²) in [4.78, 5) is 19.2. The third-order valence-electron chi connectivity index (χ3n) is 4.81. The fourth-order valence-electron chi connectivity index (χ4n) is 3.57. The highest BCUT2D eigenvalue weighted by Gasteiger charge is 2.29. The smallest absolute Gasteiger partial charge is 0.290 e. The molecule has 130 valence electrons. The van der Waals surface area contributed by atoms with Gasteiger partial charge in [-0.2, -0.15) is 0 Å². The number of aromatic nitrogens is 2. The fourth-order valence-corrected chi connectivity index (χ4v) is 3.57. The number of hydrogen-bond acceptors (Lipinski definition) is 4. The normalized spacial score (nSPS) is 17.5. The van der Waals surface area contributed by atoms with Crippen molar-refractivity contribution in [3.63, 3.8) is 0 Å². The lowest BCUT2D eigenvalue weighted by molar-refractivity contribution is 0.0638. The molecular weight excluding hydrogens is 318 g/mol. The lowest BCUT2D eigenvalue weighted by Gasteiger charge is -2.23. The first-order valence-corrected chi connectivity index (χ1v) is 8.42. The van der Waals surface area contributed by atoms with Crippen LogP contribution in [0.15, 0.2) is 41.2 Å².